The predicted molar refractivity (Wildman–Crippen MR) is 127 cm³/mol. The van der Waals surface area contributed by atoms with Crippen molar-refractivity contribution in [3.8, 4) is 5.75 Å². The zero-order valence-electron chi connectivity index (χ0n) is 17.6. The van der Waals surface area contributed by atoms with E-state index in [4.69, 9.17) is 16.3 Å². The van der Waals surface area contributed by atoms with E-state index in [1.165, 1.54) is 0 Å². The highest BCUT2D eigenvalue weighted by Gasteiger charge is 2.16. The molecule has 0 radical (unpaired) electrons. The van der Waals surface area contributed by atoms with E-state index in [0.29, 0.717) is 33.1 Å². The summed E-state index contributed by atoms with van der Waals surface area (Å²) >= 11 is 6.30. The fourth-order valence-corrected chi connectivity index (χ4v) is 4.10. The highest BCUT2D eigenvalue weighted by molar-refractivity contribution is 7.95. The predicted octanol–water partition coefficient (Wildman–Crippen LogP) is 5.65. The number of allylic oxidation sites excluding steroid dienone is 3. The lowest BCUT2D eigenvalue weighted by Gasteiger charge is -2.14. The number of sulfonamides is 1. The zero-order valence-corrected chi connectivity index (χ0v) is 19.2. The van der Waals surface area contributed by atoms with Crippen LogP contribution in [0.15, 0.2) is 65.1 Å². The summed E-state index contributed by atoms with van der Waals surface area (Å²) < 4.78 is 33.2. The molecule has 0 aliphatic heterocycles. The molecule has 0 bridgehead atoms. The lowest BCUT2D eigenvalue weighted by Crippen LogP contribution is -2.13. The molecule has 0 unspecified atom stereocenters. The lowest BCUT2D eigenvalue weighted by molar-refractivity contribution is 0.415. The van der Waals surface area contributed by atoms with E-state index < -0.39 is 10.0 Å². The average molecular weight is 459 g/mol. The molecule has 9 heteroatoms. The van der Waals surface area contributed by atoms with Gasteiger partial charge in [0.05, 0.1) is 34.3 Å². The van der Waals surface area contributed by atoms with Crippen molar-refractivity contribution in [2.45, 2.75) is 20.8 Å². The molecule has 0 saturated heterocycles. The van der Waals surface area contributed by atoms with Crippen LogP contribution >= 0.6 is 11.6 Å². The van der Waals surface area contributed by atoms with Gasteiger partial charge in [-0.2, -0.15) is 0 Å². The topological polar surface area (TPSA) is 93.2 Å². The van der Waals surface area contributed by atoms with Crippen LogP contribution in [0, 0.1) is 0 Å². The van der Waals surface area contributed by atoms with Crippen LogP contribution in [0.4, 0.5) is 17.3 Å². The Labute approximate surface area is 186 Å². The van der Waals surface area contributed by atoms with Crippen molar-refractivity contribution in [3.63, 3.8) is 0 Å². The van der Waals surface area contributed by atoms with Crippen LogP contribution in [0.3, 0.4) is 0 Å². The third-order valence-corrected chi connectivity index (χ3v) is 5.58. The Morgan fingerprint density at radius 1 is 1.03 bits per heavy atom. The number of benzene rings is 2. The summed E-state index contributed by atoms with van der Waals surface area (Å²) in [5.74, 6) is 0.854. The number of halogens is 1. The number of rotatable bonds is 7. The molecule has 0 amide bonds. The molecule has 31 heavy (non-hydrogen) atoms. The Morgan fingerprint density at radius 3 is 2.29 bits per heavy atom. The molecule has 0 aliphatic rings. The van der Waals surface area contributed by atoms with Crippen molar-refractivity contribution in [2.75, 3.05) is 17.1 Å². The minimum absolute atomic E-state index is 0.0545. The first-order valence-electron chi connectivity index (χ1n) is 9.40. The van der Waals surface area contributed by atoms with Crippen molar-refractivity contribution in [1.29, 1.82) is 0 Å². The smallest absolute Gasteiger partial charge is 0.256 e. The van der Waals surface area contributed by atoms with Crippen LogP contribution in [0.1, 0.15) is 20.8 Å². The molecule has 0 fully saturated rings. The second-order valence-corrected chi connectivity index (χ2v) is 9.05. The van der Waals surface area contributed by atoms with E-state index in [1.807, 2.05) is 19.9 Å². The van der Waals surface area contributed by atoms with Gasteiger partial charge in [0.15, 0.2) is 11.6 Å². The maximum absolute atomic E-state index is 12.7. The van der Waals surface area contributed by atoms with Gasteiger partial charge in [-0.25, -0.2) is 18.4 Å². The van der Waals surface area contributed by atoms with Crippen molar-refractivity contribution >= 4 is 50.0 Å². The maximum Gasteiger partial charge on any atom is 0.256 e. The molecular weight excluding hydrogens is 436 g/mol. The molecule has 2 aromatic carbocycles. The number of fused-ring (bicyclic) bond motifs is 1. The monoisotopic (exact) mass is 458 g/mol. The van der Waals surface area contributed by atoms with E-state index in [1.54, 1.807) is 56.5 Å². The Bertz CT molecular complexity index is 1280. The molecule has 2 N–H and O–H groups in total. The van der Waals surface area contributed by atoms with E-state index in [-0.39, 0.29) is 11.6 Å². The summed E-state index contributed by atoms with van der Waals surface area (Å²) in [5.41, 5.74) is 3.23. The minimum Gasteiger partial charge on any atom is -0.497 e. The van der Waals surface area contributed by atoms with Gasteiger partial charge in [-0.3, -0.25) is 4.72 Å². The Kier molecular flexibility index (Phi) is 6.82. The number of anilines is 3. The van der Waals surface area contributed by atoms with Gasteiger partial charge in [0.25, 0.3) is 10.0 Å². The van der Waals surface area contributed by atoms with E-state index >= 15 is 0 Å². The van der Waals surface area contributed by atoms with Gasteiger partial charge in [-0.15, -0.1) is 0 Å². The summed E-state index contributed by atoms with van der Waals surface area (Å²) in [6, 6.07) is 12.3. The lowest BCUT2D eigenvalue weighted by atomic mass is 10.2. The van der Waals surface area contributed by atoms with Gasteiger partial charge in [-0.05, 0) is 50.6 Å². The summed E-state index contributed by atoms with van der Waals surface area (Å²) in [5, 5.41) is 4.64. The van der Waals surface area contributed by atoms with Crippen molar-refractivity contribution in [3.05, 3.63) is 70.1 Å². The fourth-order valence-electron chi connectivity index (χ4n) is 2.91. The number of aromatic nitrogens is 2. The summed E-state index contributed by atoms with van der Waals surface area (Å²) in [6.45, 7) is 5.51. The number of para-hydroxylation sites is 2. The normalized spacial score (nSPS) is 11.8. The van der Waals surface area contributed by atoms with Gasteiger partial charge in [0, 0.05) is 6.07 Å². The molecule has 3 rings (SSSR count). The van der Waals surface area contributed by atoms with Gasteiger partial charge < -0.3 is 10.1 Å². The molecular formula is C22H23ClN4O3S. The van der Waals surface area contributed by atoms with E-state index in [0.717, 1.165) is 11.0 Å². The van der Waals surface area contributed by atoms with Crippen molar-refractivity contribution in [1.82, 2.24) is 9.97 Å². The number of hydrogen-bond acceptors (Lipinski definition) is 6. The second kappa shape index (κ2) is 9.36. The standard InChI is InChI=1S/C22H23ClN4O3S/c1-14(2)11-15(3)13-31(28,29)27-22-21(24-18-7-5-6-8-19(18)25-22)26-20-12-16(30-4)9-10-17(20)23/h5-13H,1-4H3,(H,24,26)(H,25,27)/b15-13+. The van der Waals surface area contributed by atoms with E-state index in [9.17, 15) is 8.42 Å². The minimum atomic E-state index is -3.84. The average Bonchev–Trinajstić information content (AvgIpc) is 2.68. The van der Waals surface area contributed by atoms with Crippen LogP contribution in [-0.2, 0) is 10.0 Å². The van der Waals surface area contributed by atoms with Crippen LogP contribution in [-0.4, -0.2) is 25.5 Å². The quantitative estimate of drug-likeness (QED) is 0.444. The number of nitrogens with zero attached hydrogens (tertiary/aromatic N) is 2. The molecule has 0 atom stereocenters. The van der Waals surface area contributed by atoms with Gasteiger partial charge in [0.2, 0.25) is 0 Å². The second-order valence-electron chi connectivity index (χ2n) is 7.11. The third kappa shape index (κ3) is 5.96. The summed E-state index contributed by atoms with van der Waals surface area (Å²) in [7, 11) is -2.30. The van der Waals surface area contributed by atoms with Crippen molar-refractivity contribution in [2.24, 2.45) is 0 Å². The molecule has 162 valence electrons. The summed E-state index contributed by atoms with van der Waals surface area (Å²) in [6.07, 6.45) is 1.78. The third-order valence-electron chi connectivity index (χ3n) is 4.09. The Hall–Kier alpha value is -3.10. The zero-order chi connectivity index (χ0) is 22.6. The molecule has 0 saturated carbocycles. The molecule has 3 aromatic rings. The van der Waals surface area contributed by atoms with E-state index in [2.05, 4.69) is 20.0 Å². The highest BCUT2D eigenvalue weighted by atomic mass is 35.5. The molecule has 0 spiro atoms. The number of nitrogens with one attached hydrogen (secondary N) is 2. The molecule has 7 nitrogen and oxygen atoms in total. The van der Waals surface area contributed by atoms with Gasteiger partial charge in [-0.1, -0.05) is 35.4 Å². The Balaban J connectivity index is 2.07. The largest absolute Gasteiger partial charge is 0.497 e. The Morgan fingerprint density at radius 2 is 1.68 bits per heavy atom. The van der Waals surface area contributed by atoms with Crippen LogP contribution < -0.4 is 14.8 Å². The number of methoxy groups -OCH3 is 1. The summed E-state index contributed by atoms with van der Waals surface area (Å²) in [4.78, 5) is 9.01. The maximum atomic E-state index is 12.7. The van der Waals surface area contributed by atoms with Crippen LogP contribution in [0.5, 0.6) is 5.75 Å². The molecule has 0 aliphatic carbocycles. The highest BCUT2D eigenvalue weighted by Crippen LogP contribution is 2.32. The van der Waals surface area contributed by atoms with Crippen LogP contribution in [0.2, 0.25) is 5.02 Å². The fraction of sp³-hybridized carbons (Fsp3) is 0.182. The first kappa shape index (κ1) is 22.6. The first-order valence-corrected chi connectivity index (χ1v) is 11.3. The molecule has 1 heterocycles. The SMILES string of the molecule is COc1ccc(Cl)c(Nc2nc3ccccc3nc2NS(=O)(=O)/C=C(\C)C=C(C)C)c1. The first-order chi connectivity index (χ1) is 14.7. The van der Waals surface area contributed by atoms with Gasteiger partial charge >= 0.3 is 0 Å². The van der Waals surface area contributed by atoms with Crippen LogP contribution in [0.25, 0.3) is 11.0 Å². The van der Waals surface area contributed by atoms with Crippen molar-refractivity contribution < 1.29 is 13.2 Å². The number of ether oxygens (including phenoxy) is 1. The number of hydrogen-bond donors (Lipinski definition) is 2. The van der Waals surface area contributed by atoms with Gasteiger partial charge in [0.1, 0.15) is 5.75 Å². The molecule has 1 aromatic heterocycles.